The van der Waals surface area contributed by atoms with Crippen LogP contribution in [0.2, 0.25) is 0 Å². The molecule has 4 aromatic rings. The minimum Gasteiger partial charge on any atom is -0.494 e. The van der Waals surface area contributed by atoms with Crippen molar-refractivity contribution >= 4 is 23.2 Å². The van der Waals surface area contributed by atoms with E-state index in [-0.39, 0.29) is 23.8 Å². The summed E-state index contributed by atoms with van der Waals surface area (Å²) >= 11 is 1.45. The molecule has 2 amide bonds. The van der Waals surface area contributed by atoms with E-state index in [0.717, 1.165) is 45.9 Å². The van der Waals surface area contributed by atoms with Crippen LogP contribution < -0.4 is 10.1 Å². The van der Waals surface area contributed by atoms with Crippen LogP contribution in [0.1, 0.15) is 86.3 Å². The molecule has 1 fully saturated rings. The molecular formula is C39H48N4O4S. The third-order valence-electron chi connectivity index (χ3n) is 8.66. The minimum atomic E-state index is -0.757. The van der Waals surface area contributed by atoms with E-state index in [1.165, 1.54) is 37.0 Å². The van der Waals surface area contributed by atoms with Gasteiger partial charge in [-0.3, -0.25) is 9.59 Å². The van der Waals surface area contributed by atoms with Gasteiger partial charge in [-0.1, -0.05) is 89.8 Å². The first-order valence-corrected chi connectivity index (χ1v) is 17.9. The van der Waals surface area contributed by atoms with Gasteiger partial charge in [-0.2, -0.15) is 0 Å². The Labute approximate surface area is 288 Å². The molecule has 1 saturated heterocycles. The number of carbonyl (C=O) groups is 2. The van der Waals surface area contributed by atoms with Gasteiger partial charge in [0.15, 0.2) is 5.82 Å². The number of ether oxygens (including phenoxy) is 1. The van der Waals surface area contributed by atoms with E-state index >= 15 is 0 Å². The SMILES string of the molecule is CCCCCCCOc1ccc(-c2cnc(-c3ccc(C[C@H](NC(=O)c4ccc(C(C)(C)C)s4)C(=O)N4CC[C@H](O)C4)cc3)nc2)cc1. The first kappa shape index (κ1) is 35.2. The number of aliphatic hydroxyl groups excluding tert-OH is 1. The average molecular weight is 669 g/mol. The van der Waals surface area contributed by atoms with Gasteiger partial charge < -0.3 is 20.1 Å². The zero-order valence-electron chi connectivity index (χ0n) is 28.6. The highest BCUT2D eigenvalue weighted by Gasteiger charge is 2.32. The van der Waals surface area contributed by atoms with Crippen LogP contribution in [-0.2, 0) is 16.6 Å². The minimum absolute atomic E-state index is 0.0659. The molecule has 9 heteroatoms. The number of hydrogen-bond donors (Lipinski definition) is 2. The van der Waals surface area contributed by atoms with Crippen LogP contribution in [0, 0.1) is 0 Å². The Morgan fingerprint density at radius 2 is 1.62 bits per heavy atom. The Kier molecular flexibility index (Phi) is 12.0. The van der Waals surface area contributed by atoms with E-state index in [1.807, 2.05) is 73.1 Å². The van der Waals surface area contributed by atoms with E-state index in [1.54, 1.807) is 4.90 Å². The van der Waals surface area contributed by atoms with Crippen molar-refractivity contribution in [3.8, 4) is 28.3 Å². The molecule has 2 N–H and O–H groups in total. The first-order chi connectivity index (χ1) is 23.1. The predicted molar refractivity (Wildman–Crippen MR) is 192 cm³/mol. The van der Waals surface area contributed by atoms with Crippen molar-refractivity contribution in [2.45, 2.75) is 90.2 Å². The van der Waals surface area contributed by atoms with Crippen molar-refractivity contribution in [3.05, 3.63) is 88.4 Å². The molecule has 0 bridgehead atoms. The van der Waals surface area contributed by atoms with Gasteiger partial charge in [0, 0.05) is 47.9 Å². The zero-order valence-corrected chi connectivity index (χ0v) is 29.4. The lowest BCUT2D eigenvalue weighted by molar-refractivity contribution is -0.132. The Morgan fingerprint density at radius 1 is 0.938 bits per heavy atom. The highest BCUT2D eigenvalue weighted by atomic mass is 32.1. The van der Waals surface area contributed by atoms with Crippen LogP contribution in [0.5, 0.6) is 5.75 Å². The van der Waals surface area contributed by atoms with Gasteiger partial charge in [0.1, 0.15) is 11.8 Å². The standard InChI is InChI=1S/C39H48N4O4S/c1-5-6-7-8-9-22-47-32-16-14-28(15-17-32)30-24-40-36(41-25-30)29-12-10-27(11-13-29)23-33(38(46)43-21-20-31(44)26-43)42-37(45)34-18-19-35(48-34)39(2,3)4/h10-19,24-25,31,33,44H,5-9,20-23,26H2,1-4H3,(H,42,45)/t31-,33-/m0/s1. The van der Waals surface area contributed by atoms with Gasteiger partial charge in [0.2, 0.25) is 5.91 Å². The van der Waals surface area contributed by atoms with E-state index in [4.69, 9.17) is 4.74 Å². The van der Waals surface area contributed by atoms with E-state index < -0.39 is 12.1 Å². The fourth-order valence-corrected chi connectivity index (χ4v) is 6.71. The summed E-state index contributed by atoms with van der Waals surface area (Å²) < 4.78 is 5.90. The molecule has 3 heterocycles. The maximum Gasteiger partial charge on any atom is 0.262 e. The average Bonchev–Trinajstić information content (AvgIpc) is 3.77. The lowest BCUT2D eigenvalue weighted by Crippen LogP contribution is -2.49. The largest absolute Gasteiger partial charge is 0.494 e. The molecule has 48 heavy (non-hydrogen) atoms. The molecule has 254 valence electrons. The number of likely N-dealkylation sites (tertiary alicyclic amines) is 1. The summed E-state index contributed by atoms with van der Waals surface area (Å²) in [5.74, 6) is 1.03. The lowest BCUT2D eigenvalue weighted by atomic mass is 9.95. The van der Waals surface area contributed by atoms with Crippen molar-refractivity contribution in [1.29, 1.82) is 0 Å². The number of rotatable bonds is 14. The number of β-amino-alcohol motifs (C(OH)–C–C–N with tert-alkyl or cyclic N) is 1. The Hall–Kier alpha value is -4.08. The highest BCUT2D eigenvalue weighted by Crippen LogP contribution is 2.30. The number of hydrogen-bond acceptors (Lipinski definition) is 7. The Balaban J connectivity index is 1.21. The summed E-state index contributed by atoms with van der Waals surface area (Å²) in [5, 5.41) is 13.0. The summed E-state index contributed by atoms with van der Waals surface area (Å²) in [4.78, 5) is 39.4. The van der Waals surface area contributed by atoms with Crippen molar-refractivity contribution in [1.82, 2.24) is 20.2 Å². The van der Waals surface area contributed by atoms with Crippen LogP contribution in [0.4, 0.5) is 0 Å². The number of unbranched alkanes of at least 4 members (excludes halogenated alkanes) is 4. The second-order valence-electron chi connectivity index (χ2n) is 13.7. The summed E-state index contributed by atoms with van der Waals surface area (Å²) in [6.45, 7) is 10.0. The van der Waals surface area contributed by atoms with E-state index in [9.17, 15) is 14.7 Å². The number of nitrogens with zero attached hydrogens (tertiary/aromatic N) is 3. The predicted octanol–water partition coefficient (Wildman–Crippen LogP) is 7.45. The molecule has 0 unspecified atom stereocenters. The van der Waals surface area contributed by atoms with Crippen LogP contribution in [0.15, 0.2) is 73.1 Å². The molecule has 0 aliphatic carbocycles. The molecule has 1 aliphatic heterocycles. The van der Waals surface area contributed by atoms with Gasteiger partial charge >= 0.3 is 0 Å². The fraction of sp³-hybridized carbons (Fsp3) is 0.436. The van der Waals surface area contributed by atoms with Crippen LogP contribution in [0.25, 0.3) is 22.5 Å². The number of nitrogens with one attached hydrogen (secondary N) is 1. The van der Waals surface area contributed by atoms with Crippen molar-refractivity contribution < 1.29 is 19.4 Å². The topological polar surface area (TPSA) is 105 Å². The molecule has 0 spiro atoms. The lowest BCUT2D eigenvalue weighted by Gasteiger charge is -2.24. The van der Waals surface area contributed by atoms with Crippen molar-refractivity contribution in [2.24, 2.45) is 0 Å². The van der Waals surface area contributed by atoms with Crippen molar-refractivity contribution in [3.63, 3.8) is 0 Å². The zero-order chi connectivity index (χ0) is 34.1. The fourth-order valence-electron chi connectivity index (χ4n) is 5.75. The monoisotopic (exact) mass is 668 g/mol. The van der Waals surface area contributed by atoms with Gasteiger partial charge in [-0.25, -0.2) is 9.97 Å². The number of benzene rings is 2. The maximum atomic E-state index is 13.5. The molecule has 5 rings (SSSR count). The highest BCUT2D eigenvalue weighted by molar-refractivity contribution is 7.14. The number of aliphatic hydroxyl groups is 1. The third kappa shape index (κ3) is 9.51. The molecule has 2 aromatic heterocycles. The van der Waals surface area contributed by atoms with Gasteiger partial charge in [-0.05, 0) is 53.6 Å². The molecule has 1 aliphatic rings. The normalized spacial score (nSPS) is 15.4. The summed E-state index contributed by atoms with van der Waals surface area (Å²) in [6, 6.07) is 18.9. The Morgan fingerprint density at radius 3 is 2.25 bits per heavy atom. The van der Waals surface area contributed by atoms with Crippen LogP contribution in [0.3, 0.4) is 0 Å². The molecular weight excluding hydrogens is 621 g/mol. The van der Waals surface area contributed by atoms with Crippen LogP contribution >= 0.6 is 11.3 Å². The van der Waals surface area contributed by atoms with Gasteiger partial charge in [0.05, 0.1) is 17.6 Å². The molecule has 2 atom stereocenters. The summed E-state index contributed by atoms with van der Waals surface area (Å²) in [5.41, 5.74) is 3.64. The number of carbonyl (C=O) groups excluding carboxylic acids is 2. The molecule has 8 nitrogen and oxygen atoms in total. The second kappa shape index (κ2) is 16.3. The Bertz CT molecular complexity index is 1630. The third-order valence-corrected chi connectivity index (χ3v) is 10.2. The van der Waals surface area contributed by atoms with E-state index in [2.05, 4.69) is 43.0 Å². The molecule has 0 radical (unpaired) electrons. The smallest absolute Gasteiger partial charge is 0.262 e. The number of thiophene rings is 1. The van der Waals surface area contributed by atoms with Crippen LogP contribution in [-0.4, -0.2) is 63.6 Å². The quantitative estimate of drug-likeness (QED) is 0.135. The first-order valence-electron chi connectivity index (χ1n) is 17.1. The second-order valence-corrected chi connectivity index (χ2v) is 14.7. The molecule has 0 saturated carbocycles. The maximum absolute atomic E-state index is 13.5. The molecule has 2 aromatic carbocycles. The van der Waals surface area contributed by atoms with Crippen molar-refractivity contribution in [2.75, 3.05) is 19.7 Å². The number of aromatic nitrogens is 2. The van der Waals surface area contributed by atoms with E-state index in [0.29, 0.717) is 30.1 Å². The van der Waals surface area contributed by atoms with Gasteiger partial charge in [-0.15, -0.1) is 11.3 Å². The summed E-state index contributed by atoms with van der Waals surface area (Å²) in [7, 11) is 0. The summed E-state index contributed by atoms with van der Waals surface area (Å²) in [6.07, 6.45) is 10.0. The number of amides is 2. The van der Waals surface area contributed by atoms with Gasteiger partial charge in [0.25, 0.3) is 5.91 Å².